The van der Waals surface area contributed by atoms with Gasteiger partial charge in [-0.2, -0.15) is 4.98 Å². The molecule has 0 bridgehead atoms. The first kappa shape index (κ1) is 18.4. The minimum Gasteiger partial charge on any atom is -0.479 e. The fourth-order valence-corrected chi connectivity index (χ4v) is 4.03. The van der Waals surface area contributed by atoms with Crippen molar-refractivity contribution in [1.82, 2.24) is 29.6 Å². The maximum atomic E-state index is 12.9. The molecule has 0 atom stereocenters. The number of hydrogen-bond donors (Lipinski definition) is 2. The van der Waals surface area contributed by atoms with Crippen LogP contribution >= 0.6 is 0 Å². The Kier molecular flexibility index (Phi) is 4.23. The molecule has 0 spiro atoms. The average Bonchev–Trinajstić information content (AvgIpc) is 3.26. The topological polar surface area (TPSA) is 102 Å². The zero-order valence-corrected chi connectivity index (χ0v) is 16.9. The van der Waals surface area contributed by atoms with Crippen molar-refractivity contribution in [2.45, 2.75) is 44.4 Å². The van der Waals surface area contributed by atoms with Crippen LogP contribution in [0.5, 0.6) is 5.88 Å². The van der Waals surface area contributed by atoms with Crippen molar-refractivity contribution in [1.29, 1.82) is 0 Å². The van der Waals surface area contributed by atoms with Crippen LogP contribution < -0.4 is 10.1 Å². The van der Waals surface area contributed by atoms with Gasteiger partial charge in [-0.15, -0.1) is 10.2 Å². The average molecular weight is 430 g/mol. The normalized spacial score (nSPS) is 21.5. The van der Waals surface area contributed by atoms with Crippen LogP contribution in [0.3, 0.4) is 0 Å². The van der Waals surface area contributed by atoms with Crippen molar-refractivity contribution < 1.29 is 20.0 Å². The smallest absolute Gasteiger partial charge is 0.258 e. The first-order valence-electron chi connectivity index (χ1n) is 10.3. The van der Waals surface area contributed by atoms with Gasteiger partial charge in [-0.25, -0.2) is 18.0 Å². The van der Waals surface area contributed by atoms with Gasteiger partial charge in [0.15, 0.2) is 0 Å². The summed E-state index contributed by atoms with van der Waals surface area (Å²) in [7, 11) is 1.48. The van der Waals surface area contributed by atoms with Crippen LogP contribution in [0, 0.1) is 0 Å². The van der Waals surface area contributed by atoms with E-state index in [-0.39, 0.29) is 18.1 Å². The van der Waals surface area contributed by atoms with Crippen LogP contribution in [0.4, 0.5) is 14.7 Å². The monoisotopic (exact) mass is 430 g/mol. The Hall–Kier alpha value is -3.34. The number of alkyl halides is 2. The van der Waals surface area contributed by atoms with Gasteiger partial charge in [-0.3, -0.25) is 0 Å². The molecule has 1 aliphatic carbocycles. The minimum absolute atomic E-state index is 0.0291. The molecule has 3 heterocycles. The Bertz CT molecular complexity index is 1310. The van der Waals surface area contributed by atoms with Gasteiger partial charge in [0.05, 0.1) is 19.6 Å². The molecular weight excluding hydrogens is 408 g/mol. The number of anilines is 1. The molecule has 162 valence electrons. The van der Waals surface area contributed by atoms with Gasteiger partial charge in [0.25, 0.3) is 6.43 Å². The Morgan fingerprint density at radius 1 is 1.39 bits per heavy atom. The lowest BCUT2D eigenvalue weighted by molar-refractivity contribution is -0.0236. The Balaban J connectivity index is 1.57. The third-order valence-electron chi connectivity index (χ3n) is 5.44. The highest BCUT2D eigenvalue weighted by Crippen LogP contribution is 2.35. The number of rotatable bonds is 6. The van der Waals surface area contributed by atoms with Gasteiger partial charge in [0, 0.05) is 17.8 Å². The van der Waals surface area contributed by atoms with E-state index in [4.69, 9.17) is 6.11 Å². The van der Waals surface area contributed by atoms with Crippen molar-refractivity contribution in [2.24, 2.45) is 0 Å². The van der Waals surface area contributed by atoms with Gasteiger partial charge in [-0.05, 0) is 43.5 Å². The lowest BCUT2D eigenvalue weighted by Crippen LogP contribution is -2.48. The summed E-state index contributed by atoms with van der Waals surface area (Å²) in [4.78, 5) is 4.44. The predicted molar refractivity (Wildman–Crippen MR) is 109 cm³/mol. The first-order chi connectivity index (χ1) is 15.2. The first-order valence-corrected chi connectivity index (χ1v) is 9.79. The molecule has 0 aliphatic heterocycles. The molecule has 4 aromatic rings. The number of fused-ring (bicyclic) bond motifs is 2. The molecule has 0 amide bonds. The molecule has 3 aromatic heterocycles. The number of benzene rings is 1. The zero-order chi connectivity index (χ0) is 22.6. The molecule has 11 heteroatoms. The van der Waals surface area contributed by atoms with E-state index in [0.717, 1.165) is 4.68 Å². The molecule has 2 N–H and O–H groups in total. The van der Waals surface area contributed by atoms with Crippen LogP contribution in [0.15, 0.2) is 30.4 Å². The summed E-state index contributed by atoms with van der Waals surface area (Å²) in [6, 6.07) is 6.82. The van der Waals surface area contributed by atoms with Crippen molar-refractivity contribution in [2.75, 3.05) is 12.4 Å². The summed E-state index contributed by atoms with van der Waals surface area (Å²) >= 11 is 0. The second-order valence-electron chi connectivity index (χ2n) is 8.00. The number of halogens is 2. The van der Waals surface area contributed by atoms with Gasteiger partial charge in [0.2, 0.25) is 11.8 Å². The third kappa shape index (κ3) is 3.54. The number of ether oxygens (including phenoxy) is 1. The van der Waals surface area contributed by atoms with Crippen molar-refractivity contribution in [3.63, 3.8) is 0 Å². The van der Waals surface area contributed by atoms with Crippen LogP contribution in [0.2, 0.25) is 0 Å². The van der Waals surface area contributed by atoms with E-state index in [1.807, 2.05) is 0 Å². The SMILES string of the molecule is [2H]c1cc(-c2ccc3nnn(CC(F)F)c3c2)c2c(OC)nc(NC3CC(C)(O)C3)nn12. The predicted octanol–water partition coefficient (Wildman–Crippen LogP) is 2.74. The highest BCUT2D eigenvalue weighted by Gasteiger charge is 2.38. The summed E-state index contributed by atoms with van der Waals surface area (Å²) < 4.78 is 42.2. The summed E-state index contributed by atoms with van der Waals surface area (Å²) in [5, 5.41) is 25.3. The van der Waals surface area contributed by atoms with Crippen molar-refractivity contribution >= 4 is 22.5 Å². The number of aromatic nitrogens is 6. The molecule has 5 rings (SSSR count). The lowest BCUT2D eigenvalue weighted by Gasteiger charge is -2.41. The van der Waals surface area contributed by atoms with Gasteiger partial charge in [-0.1, -0.05) is 11.3 Å². The summed E-state index contributed by atoms with van der Waals surface area (Å²) in [5.41, 5.74) is 2.03. The second-order valence-corrected chi connectivity index (χ2v) is 8.00. The van der Waals surface area contributed by atoms with Gasteiger partial charge >= 0.3 is 0 Å². The van der Waals surface area contributed by atoms with E-state index in [1.54, 1.807) is 31.2 Å². The molecule has 0 radical (unpaired) electrons. The fourth-order valence-electron chi connectivity index (χ4n) is 4.03. The van der Waals surface area contributed by atoms with E-state index in [0.29, 0.717) is 46.5 Å². The maximum absolute atomic E-state index is 12.9. The molecular formula is C20H21F2N7O2. The van der Waals surface area contributed by atoms with E-state index in [2.05, 4.69) is 25.7 Å². The molecule has 1 aromatic carbocycles. The number of aliphatic hydroxyl groups is 1. The lowest BCUT2D eigenvalue weighted by atomic mass is 9.77. The van der Waals surface area contributed by atoms with E-state index < -0.39 is 18.6 Å². The Morgan fingerprint density at radius 3 is 2.90 bits per heavy atom. The molecule has 0 unspecified atom stereocenters. The highest BCUT2D eigenvalue weighted by molar-refractivity contribution is 5.89. The van der Waals surface area contributed by atoms with Crippen LogP contribution in [-0.2, 0) is 6.54 Å². The largest absolute Gasteiger partial charge is 0.479 e. The molecule has 0 saturated heterocycles. The van der Waals surface area contributed by atoms with Gasteiger partial charge in [0.1, 0.15) is 17.6 Å². The number of hydrogen-bond acceptors (Lipinski definition) is 7. The number of nitrogens with zero attached hydrogens (tertiary/aromatic N) is 6. The summed E-state index contributed by atoms with van der Waals surface area (Å²) in [6.45, 7) is 1.21. The fraction of sp³-hybridized carbons (Fsp3) is 0.400. The standard InChI is InChI=1S/C20H21F2N7O2/c1-20(30)8-12(9-20)23-19-24-18(31-2)17-13(5-6-28(17)26-19)11-3-4-14-15(7-11)29(27-25-14)10-16(21)22/h3-7,12,16,30H,8-10H2,1-2H3,(H,23,26)/i6D. The quantitative estimate of drug-likeness (QED) is 0.485. The van der Waals surface area contributed by atoms with Crippen molar-refractivity contribution in [3.8, 4) is 17.0 Å². The Labute approximate surface area is 177 Å². The maximum Gasteiger partial charge on any atom is 0.258 e. The number of methoxy groups -OCH3 is 1. The minimum atomic E-state index is -2.56. The van der Waals surface area contributed by atoms with Crippen molar-refractivity contribution in [3.05, 3.63) is 30.4 Å². The van der Waals surface area contributed by atoms with E-state index in [1.165, 1.54) is 11.6 Å². The second kappa shape index (κ2) is 7.12. The molecule has 31 heavy (non-hydrogen) atoms. The molecule has 1 saturated carbocycles. The van der Waals surface area contributed by atoms with Crippen LogP contribution in [0.1, 0.15) is 21.1 Å². The third-order valence-corrected chi connectivity index (χ3v) is 5.44. The number of nitrogens with one attached hydrogen (secondary N) is 1. The summed E-state index contributed by atoms with van der Waals surface area (Å²) in [6.07, 6.45) is -1.31. The van der Waals surface area contributed by atoms with Crippen LogP contribution in [0.25, 0.3) is 27.7 Å². The highest BCUT2D eigenvalue weighted by atomic mass is 19.3. The molecule has 9 nitrogen and oxygen atoms in total. The molecule has 1 aliphatic rings. The van der Waals surface area contributed by atoms with E-state index in [9.17, 15) is 13.9 Å². The Morgan fingerprint density at radius 2 is 2.19 bits per heavy atom. The van der Waals surface area contributed by atoms with Crippen LogP contribution in [-0.4, -0.2) is 59.9 Å². The van der Waals surface area contributed by atoms with Gasteiger partial charge < -0.3 is 15.2 Å². The summed E-state index contributed by atoms with van der Waals surface area (Å²) in [5.74, 6) is 0.557. The zero-order valence-electron chi connectivity index (χ0n) is 17.9. The molecule has 1 fully saturated rings. The van der Waals surface area contributed by atoms with E-state index >= 15 is 0 Å².